The van der Waals surface area contributed by atoms with Gasteiger partial charge in [-0.15, -0.1) is 0 Å². The molecule has 0 spiro atoms. The molecule has 0 bridgehead atoms. The average Bonchev–Trinajstić information content (AvgIpc) is 3.18. The third-order valence-corrected chi connectivity index (χ3v) is 4.08. The fourth-order valence-corrected chi connectivity index (χ4v) is 2.82. The summed E-state index contributed by atoms with van der Waals surface area (Å²) >= 11 is 0. The molecule has 3 rings (SSSR count). The van der Waals surface area contributed by atoms with Crippen molar-refractivity contribution in [1.82, 2.24) is 15.1 Å². The van der Waals surface area contributed by atoms with E-state index < -0.39 is 18.6 Å². The fraction of sp³-hybridized carbons (Fsp3) is 0.353. The summed E-state index contributed by atoms with van der Waals surface area (Å²) in [5.74, 6) is -1.11. The lowest BCUT2D eigenvalue weighted by molar-refractivity contribution is -0.142. The number of amides is 2. The number of hydrogen-bond acceptors (Lipinski definition) is 3. The number of anilines is 1. The Bertz CT molecular complexity index is 789. The van der Waals surface area contributed by atoms with Crippen LogP contribution in [0.1, 0.15) is 12.0 Å². The molecule has 1 aromatic carbocycles. The van der Waals surface area contributed by atoms with Crippen LogP contribution in [-0.4, -0.2) is 34.3 Å². The van der Waals surface area contributed by atoms with E-state index in [1.165, 1.54) is 11.1 Å². The molecule has 0 radical (unpaired) electrons. The van der Waals surface area contributed by atoms with Gasteiger partial charge in [-0.1, -0.05) is 30.3 Å². The minimum absolute atomic E-state index is 0.0189. The molecule has 1 aromatic heterocycles. The largest absolute Gasteiger partial charge is 0.408 e. The van der Waals surface area contributed by atoms with Gasteiger partial charge in [0.2, 0.25) is 11.8 Å². The molecule has 1 aliphatic heterocycles. The number of nitrogens with zero attached hydrogens (tertiary/aromatic N) is 3. The van der Waals surface area contributed by atoms with Crippen molar-refractivity contribution >= 4 is 17.5 Å². The third kappa shape index (κ3) is 4.41. The molecule has 2 aromatic rings. The van der Waals surface area contributed by atoms with Gasteiger partial charge >= 0.3 is 6.18 Å². The number of alkyl halides is 3. The van der Waals surface area contributed by atoms with E-state index in [1.807, 2.05) is 30.3 Å². The van der Waals surface area contributed by atoms with Crippen molar-refractivity contribution in [2.75, 3.05) is 11.4 Å². The Morgan fingerprint density at radius 2 is 2.00 bits per heavy atom. The smallest absolute Gasteiger partial charge is 0.352 e. The van der Waals surface area contributed by atoms with Gasteiger partial charge < -0.3 is 10.2 Å². The zero-order valence-corrected chi connectivity index (χ0v) is 13.7. The van der Waals surface area contributed by atoms with Crippen LogP contribution >= 0.6 is 0 Å². The predicted molar refractivity (Wildman–Crippen MR) is 87.0 cm³/mol. The van der Waals surface area contributed by atoms with Crippen LogP contribution in [0.5, 0.6) is 0 Å². The first-order valence-electron chi connectivity index (χ1n) is 8.03. The maximum Gasteiger partial charge on any atom is 0.408 e. The van der Waals surface area contributed by atoms with Crippen LogP contribution in [0.2, 0.25) is 0 Å². The van der Waals surface area contributed by atoms with Gasteiger partial charge in [-0.05, 0) is 5.56 Å². The molecule has 26 heavy (non-hydrogen) atoms. The lowest BCUT2D eigenvalue weighted by Gasteiger charge is -2.14. The second kappa shape index (κ2) is 7.19. The Morgan fingerprint density at radius 3 is 2.69 bits per heavy atom. The average molecular weight is 366 g/mol. The maximum absolute atomic E-state index is 12.4. The van der Waals surface area contributed by atoms with E-state index in [-0.39, 0.29) is 30.5 Å². The summed E-state index contributed by atoms with van der Waals surface area (Å²) in [5, 5.41) is 6.41. The summed E-state index contributed by atoms with van der Waals surface area (Å²) in [5.41, 5.74) is 1.20. The number of aromatic nitrogens is 2. The van der Waals surface area contributed by atoms with Crippen LogP contribution in [0.15, 0.2) is 42.7 Å². The molecule has 0 saturated carbocycles. The number of benzene rings is 1. The molecule has 0 aliphatic carbocycles. The number of carbonyl (C=O) groups excluding carboxylic acids is 2. The van der Waals surface area contributed by atoms with E-state index in [0.29, 0.717) is 6.54 Å². The first-order valence-corrected chi connectivity index (χ1v) is 8.03. The van der Waals surface area contributed by atoms with Gasteiger partial charge in [-0.25, -0.2) is 0 Å². The molecule has 0 unspecified atom stereocenters. The Balaban J connectivity index is 1.59. The molecule has 138 valence electrons. The summed E-state index contributed by atoms with van der Waals surface area (Å²) in [7, 11) is 0. The standard InChI is InChI=1S/C17H17F3N4O2/c18-17(19,20)11-23-10-14(8-22-23)24-9-13(6-15(24)25)16(26)21-7-12-4-2-1-3-5-12/h1-5,8,10,13H,6-7,9,11H2,(H,21,26)/t13-/m1/s1. The molecule has 2 heterocycles. The highest BCUT2D eigenvalue weighted by molar-refractivity contribution is 6.00. The topological polar surface area (TPSA) is 67.2 Å². The molecule has 1 atom stereocenters. The number of carbonyl (C=O) groups is 2. The molecule has 2 amide bonds. The summed E-state index contributed by atoms with van der Waals surface area (Å²) < 4.78 is 37.9. The van der Waals surface area contributed by atoms with Gasteiger partial charge in [0.05, 0.1) is 17.8 Å². The highest BCUT2D eigenvalue weighted by Gasteiger charge is 2.36. The molecule has 1 saturated heterocycles. The molecular formula is C17H17F3N4O2. The van der Waals surface area contributed by atoms with Crippen LogP contribution < -0.4 is 10.2 Å². The van der Waals surface area contributed by atoms with E-state index in [9.17, 15) is 22.8 Å². The molecular weight excluding hydrogens is 349 g/mol. The van der Waals surface area contributed by atoms with Gasteiger partial charge in [0.1, 0.15) is 6.54 Å². The molecule has 6 nitrogen and oxygen atoms in total. The van der Waals surface area contributed by atoms with Crippen LogP contribution in [-0.2, 0) is 22.7 Å². The van der Waals surface area contributed by atoms with Gasteiger partial charge in [0, 0.05) is 25.7 Å². The first-order chi connectivity index (χ1) is 12.3. The fourth-order valence-electron chi connectivity index (χ4n) is 2.82. The molecule has 9 heteroatoms. The monoisotopic (exact) mass is 366 g/mol. The quantitative estimate of drug-likeness (QED) is 0.881. The first kappa shape index (κ1) is 18.0. The molecule has 1 N–H and O–H groups in total. The summed E-state index contributed by atoms with van der Waals surface area (Å²) in [6.45, 7) is -0.749. The predicted octanol–water partition coefficient (Wildman–Crippen LogP) is 2.11. The zero-order valence-electron chi connectivity index (χ0n) is 13.7. The lowest BCUT2D eigenvalue weighted by Crippen LogP contribution is -2.32. The minimum atomic E-state index is -4.39. The second-order valence-corrected chi connectivity index (χ2v) is 6.12. The zero-order chi connectivity index (χ0) is 18.7. The van der Waals surface area contributed by atoms with E-state index in [2.05, 4.69) is 10.4 Å². The summed E-state index contributed by atoms with van der Waals surface area (Å²) in [4.78, 5) is 25.7. The Morgan fingerprint density at radius 1 is 1.27 bits per heavy atom. The van der Waals surface area contributed by atoms with E-state index in [0.717, 1.165) is 16.4 Å². The Kier molecular flexibility index (Phi) is 4.97. The Hall–Kier alpha value is -2.84. The van der Waals surface area contributed by atoms with E-state index in [1.54, 1.807) is 0 Å². The summed E-state index contributed by atoms with van der Waals surface area (Å²) in [6.07, 6.45) is -2.01. The number of nitrogens with one attached hydrogen (secondary N) is 1. The third-order valence-electron chi connectivity index (χ3n) is 4.08. The second-order valence-electron chi connectivity index (χ2n) is 6.12. The van der Waals surface area contributed by atoms with Crippen molar-refractivity contribution in [1.29, 1.82) is 0 Å². The van der Waals surface area contributed by atoms with Gasteiger partial charge in [0.15, 0.2) is 0 Å². The van der Waals surface area contributed by atoms with Crippen LogP contribution in [0.4, 0.5) is 18.9 Å². The highest BCUT2D eigenvalue weighted by Crippen LogP contribution is 2.26. The molecule has 1 aliphatic rings. The summed E-state index contributed by atoms with van der Waals surface area (Å²) in [6, 6.07) is 9.35. The SMILES string of the molecule is O=C(NCc1ccccc1)[C@@H]1CC(=O)N(c2cnn(CC(F)(F)F)c2)C1. The number of hydrogen-bond donors (Lipinski definition) is 1. The number of halogens is 3. The van der Waals surface area contributed by atoms with Crippen molar-refractivity contribution < 1.29 is 22.8 Å². The van der Waals surface area contributed by atoms with Crippen molar-refractivity contribution in [3.05, 3.63) is 48.3 Å². The van der Waals surface area contributed by atoms with Crippen LogP contribution in [0, 0.1) is 5.92 Å². The van der Waals surface area contributed by atoms with Gasteiger partial charge in [0.25, 0.3) is 0 Å². The van der Waals surface area contributed by atoms with Crippen LogP contribution in [0.25, 0.3) is 0 Å². The normalized spacial score (nSPS) is 17.6. The van der Waals surface area contributed by atoms with E-state index in [4.69, 9.17) is 0 Å². The van der Waals surface area contributed by atoms with Gasteiger partial charge in [-0.2, -0.15) is 18.3 Å². The van der Waals surface area contributed by atoms with Crippen LogP contribution in [0.3, 0.4) is 0 Å². The molecule has 1 fully saturated rings. The lowest BCUT2D eigenvalue weighted by atomic mass is 10.1. The van der Waals surface area contributed by atoms with Crippen molar-refractivity contribution in [3.63, 3.8) is 0 Å². The minimum Gasteiger partial charge on any atom is -0.352 e. The van der Waals surface area contributed by atoms with Crippen molar-refractivity contribution in [2.45, 2.75) is 25.7 Å². The van der Waals surface area contributed by atoms with Crippen molar-refractivity contribution in [3.8, 4) is 0 Å². The maximum atomic E-state index is 12.4. The van der Waals surface area contributed by atoms with Gasteiger partial charge in [-0.3, -0.25) is 14.3 Å². The van der Waals surface area contributed by atoms with E-state index >= 15 is 0 Å². The Labute approximate surface area is 147 Å². The number of rotatable bonds is 5. The highest BCUT2D eigenvalue weighted by atomic mass is 19.4. The van der Waals surface area contributed by atoms with Crippen molar-refractivity contribution in [2.24, 2.45) is 5.92 Å².